The summed E-state index contributed by atoms with van der Waals surface area (Å²) in [6.45, 7) is 4.10. The molecular formula is C12H16N4O3. The van der Waals surface area contributed by atoms with Gasteiger partial charge in [-0.3, -0.25) is 24.1 Å². The summed E-state index contributed by atoms with van der Waals surface area (Å²) in [6.07, 6.45) is 3.27. The van der Waals surface area contributed by atoms with Gasteiger partial charge in [-0.2, -0.15) is 5.10 Å². The summed E-state index contributed by atoms with van der Waals surface area (Å²) in [7, 11) is 1.74. The van der Waals surface area contributed by atoms with Crippen molar-refractivity contribution < 1.29 is 14.4 Å². The Balaban J connectivity index is 2.15. The smallest absolute Gasteiger partial charge is 0.275 e. The molecule has 0 unspecified atom stereocenters. The van der Waals surface area contributed by atoms with Gasteiger partial charge in [0.25, 0.3) is 0 Å². The van der Waals surface area contributed by atoms with Crippen LogP contribution in [0.3, 0.4) is 0 Å². The van der Waals surface area contributed by atoms with Crippen LogP contribution in [-0.2, 0) is 23.2 Å². The Morgan fingerprint density at radius 1 is 1.16 bits per heavy atom. The highest BCUT2D eigenvalue weighted by molar-refractivity contribution is 6.44. The summed E-state index contributed by atoms with van der Waals surface area (Å²) >= 11 is 0. The molecule has 1 aromatic rings. The van der Waals surface area contributed by atoms with E-state index < -0.39 is 17.8 Å². The van der Waals surface area contributed by atoms with Gasteiger partial charge in [-0.25, -0.2) is 4.79 Å². The minimum absolute atomic E-state index is 0.0752. The van der Waals surface area contributed by atoms with Crippen molar-refractivity contribution in [1.29, 1.82) is 0 Å². The summed E-state index contributed by atoms with van der Waals surface area (Å²) in [5.41, 5.74) is 0.711. The number of hydrogen-bond acceptors (Lipinski definition) is 4. The summed E-state index contributed by atoms with van der Waals surface area (Å²) in [6, 6.07) is -0.549. The summed E-state index contributed by atoms with van der Waals surface area (Å²) in [5.74, 6) is -1.39. The molecule has 102 valence electrons. The van der Waals surface area contributed by atoms with Gasteiger partial charge in [-0.05, 0) is 5.92 Å². The number of imide groups is 2. The molecule has 2 rings (SSSR count). The molecule has 1 aromatic heterocycles. The van der Waals surface area contributed by atoms with E-state index in [9.17, 15) is 14.4 Å². The zero-order valence-corrected chi connectivity index (χ0v) is 11.2. The molecule has 0 N–H and O–H groups in total. The lowest BCUT2D eigenvalue weighted by Crippen LogP contribution is -2.35. The van der Waals surface area contributed by atoms with Crippen LogP contribution in [0, 0.1) is 5.92 Å². The Labute approximate surface area is 110 Å². The molecule has 1 aliphatic heterocycles. The van der Waals surface area contributed by atoms with Gasteiger partial charge >= 0.3 is 17.8 Å². The van der Waals surface area contributed by atoms with E-state index in [1.807, 2.05) is 13.8 Å². The maximum Gasteiger partial charge on any atom is 0.334 e. The molecule has 0 radical (unpaired) electrons. The van der Waals surface area contributed by atoms with Crippen molar-refractivity contribution in [2.75, 3.05) is 6.54 Å². The maximum atomic E-state index is 12.1. The second-order valence-corrected chi connectivity index (χ2v) is 5.01. The van der Waals surface area contributed by atoms with Crippen LogP contribution in [0.2, 0.25) is 0 Å². The predicted octanol–water partition coefficient (Wildman–Crippen LogP) is 0.367. The number of rotatable bonds is 4. The highest BCUT2D eigenvalue weighted by Gasteiger charge is 2.44. The lowest BCUT2D eigenvalue weighted by atomic mass is 10.2. The first-order valence-electron chi connectivity index (χ1n) is 6.05. The standard InChI is InChI=1S/C12H16N4O3/c1-8(2)5-15-10(17)11(18)16(12(15)19)7-9-4-13-14(3)6-9/h4,6,8H,5,7H2,1-3H3. The van der Waals surface area contributed by atoms with Crippen LogP contribution in [0.15, 0.2) is 12.4 Å². The van der Waals surface area contributed by atoms with E-state index in [0.717, 1.165) is 9.80 Å². The first kappa shape index (κ1) is 13.3. The van der Waals surface area contributed by atoms with Crippen LogP contribution in [-0.4, -0.2) is 44.0 Å². The average Bonchev–Trinajstić information content (AvgIpc) is 2.82. The molecule has 0 atom stereocenters. The fraction of sp³-hybridized carbons (Fsp3) is 0.500. The van der Waals surface area contributed by atoms with E-state index in [1.165, 1.54) is 0 Å². The van der Waals surface area contributed by atoms with E-state index in [0.29, 0.717) is 5.56 Å². The van der Waals surface area contributed by atoms with E-state index in [-0.39, 0.29) is 19.0 Å². The molecule has 7 heteroatoms. The topological polar surface area (TPSA) is 75.5 Å². The van der Waals surface area contributed by atoms with Crippen LogP contribution < -0.4 is 0 Å². The largest absolute Gasteiger partial charge is 0.334 e. The fourth-order valence-corrected chi connectivity index (χ4v) is 1.95. The number of nitrogens with zero attached hydrogens (tertiary/aromatic N) is 4. The minimum Gasteiger partial charge on any atom is -0.275 e. The average molecular weight is 264 g/mol. The molecular weight excluding hydrogens is 248 g/mol. The number of aryl methyl sites for hydroxylation is 1. The van der Waals surface area contributed by atoms with Crippen molar-refractivity contribution in [3.63, 3.8) is 0 Å². The van der Waals surface area contributed by atoms with Crippen LogP contribution in [0.25, 0.3) is 0 Å². The Morgan fingerprint density at radius 3 is 2.32 bits per heavy atom. The third-order valence-corrected chi connectivity index (χ3v) is 2.78. The molecule has 1 saturated heterocycles. The normalized spacial score (nSPS) is 16.1. The van der Waals surface area contributed by atoms with Crippen molar-refractivity contribution in [1.82, 2.24) is 19.6 Å². The Bertz CT molecular complexity index is 535. The summed E-state index contributed by atoms with van der Waals surface area (Å²) in [4.78, 5) is 37.6. The zero-order chi connectivity index (χ0) is 14.2. The Hall–Kier alpha value is -2.18. The van der Waals surface area contributed by atoms with E-state index >= 15 is 0 Å². The molecule has 0 aliphatic carbocycles. The Kier molecular flexibility index (Phi) is 3.37. The van der Waals surface area contributed by atoms with Crippen molar-refractivity contribution in [2.24, 2.45) is 13.0 Å². The predicted molar refractivity (Wildman–Crippen MR) is 65.7 cm³/mol. The van der Waals surface area contributed by atoms with Crippen LogP contribution >= 0.6 is 0 Å². The molecule has 0 bridgehead atoms. The fourth-order valence-electron chi connectivity index (χ4n) is 1.95. The SMILES string of the molecule is CC(C)CN1C(=O)C(=O)N(Cc2cnn(C)c2)C1=O. The molecule has 2 heterocycles. The number of amides is 4. The summed E-state index contributed by atoms with van der Waals surface area (Å²) in [5, 5.41) is 3.96. The number of carbonyl (C=O) groups excluding carboxylic acids is 3. The Morgan fingerprint density at radius 2 is 1.79 bits per heavy atom. The quantitative estimate of drug-likeness (QED) is 0.581. The molecule has 1 fully saturated rings. The maximum absolute atomic E-state index is 12.1. The van der Waals surface area contributed by atoms with Crippen molar-refractivity contribution >= 4 is 17.8 Å². The molecule has 4 amide bonds. The van der Waals surface area contributed by atoms with Crippen molar-refractivity contribution in [3.05, 3.63) is 18.0 Å². The highest BCUT2D eigenvalue weighted by atomic mass is 16.2. The second-order valence-electron chi connectivity index (χ2n) is 5.01. The van der Waals surface area contributed by atoms with E-state index in [1.54, 1.807) is 24.1 Å². The van der Waals surface area contributed by atoms with Crippen molar-refractivity contribution in [2.45, 2.75) is 20.4 Å². The molecule has 19 heavy (non-hydrogen) atoms. The lowest BCUT2D eigenvalue weighted by Gasteiger charge is -2.16. The summed E-state index contributed by atoms with van der Waals surface area (Å²) < 4.78 is 1.58. The van der Waals surface area contributed by atoms with Gasteiger partial charge in [0.05, 0.1) is 12.7 Å². The number of hydrogen-bond donors (Lipinski definition) is 0. The molecule has 0 saturated carbocycles. The lowest BCUT2D eigenvalue weighted by molar-refractivity contribution is -0.143. The van der Waals surface area contributed by atoms with Gasteiger partial charge in [0.2, 0.25) is 0 Å². The zero-order valence-electron chi connectivity index (χ0n) is 11.2. The van der Waals surface area contributed by atoms with Crippen LogP contribution in [0.4, 0.5) is 4.79 Å². The first-order chi connectivity index (χ1) is 8.90. The number of carbonyl (C=O) groups is 3. The number of urea groups is 1. The molecule has 1 aliphatic rings. The van der Waals surface area contributed by atoms with E-state index in [2.05, 4.69) is 5.10 Å². The van der Waals surface area contributed by atoms with Gasteiger partial charge in [-0.15, -0.1) is 0 Å². The van der Waals surface area contributed by atoms with Crippen LogP contribution in [0.5, 0.6) is 0 Å². The highest BCUT2D eigenvalue weighted by Crippen LogP contribution is 2.16. The third-order valence-electron chi connectivity index (χ3n) is 2.78. The van der Waals surface area contributed by atoms with Gasteiger partial charge < -0.3 is 0 Å². The second kappa shape index (κ2) is 4.83. The molecule has 7 nitrogen and oxygen atoms in total. The third kappa shape index (κ3) is 2.49. The first-order valence-corrected chi connectivity index (χ1v) is 6.05. The number of aromatic nitrogens is 2. The monoisotopic (exact) mass is 264 g/mol. The van der Waals surface area contributed by atoms with Gasteiger partial charge in [-0.1, -0.05) is 13.8 Å². The van der Waals surface area contributed by atoms with Crippen molar-refractivity contribution in [3.8, 4) is 0 Å². The van der Waals surface area contributed by atoms with Gasteiger partial charge in [0.1, 0.15) is 0 Å². The van der Waals surface area contributed by atoms with E-state index in [4.69, 9.17) is 0 Å². The molecule has 0 spiro atoms. The molecule has 0 aromatic carbocycles. The van der Waals surface area contributed by atoms with Gasteiger partial charge in [0.15, 0.2) is 0 Å². The van der Waals surface area contributed by atoms with Gasteiger partial charge in [0, 0.05) is 25.4 Å². The minimum atomic E-state index is -0.769. The van der Waals surface area contributed by atoms with Crippen LogP contribution in [0.1, 0.15) is 19.4 Å².